The predicted octanol–water partition coefficient (Wildman–Crippen LogP) is 2.94. The van der Waals surface area contributed by atoms with Crippen molar-refractivity contribution in [2.45, 2.75) is 19.9 Å². The molecule has 0 saturated carbocycles. The fourth-order valence-corrected chi connectivity index (χ4v) is 2.59. The normalized spacial score (nSPS) is 11.8. The molecule has 0 aliphatic carbocycles. The highest BCUT2D eigenvalue weighted by Gasteiger charge is 2.13. The summed E-state index contributed by atoms with van der Waals surface area (Å²) in [7, 11) is 1.89. The van der Waals surface area contributed by atoms with Crippen molar-refractivity contribution in [1.82, 2.24) is 20.0 Å². The largest absolute Gasteiger partial charge is 0.362 e. The van der Waals surface area contributed by atoms with E-state index in [0.29, 0.717) is 5.82 Å². The van der Waals surface area contributed by atoms with Crippen LogP contribution in [0.1, 0.15) is 34.7 Å². The maximum absolute atomic E-state index is 12.2. The molecule has 0 unspecified atom stereocenters. The molecule has 3 rings (SSSR count). The summed E-state index contributed by atoms with van der Waals surface area (Å²) in [6.07, 6.45) is 1.97. The van der Waals surface area contributed by atoms with E-state index in [1.165, 1.54) is 0 Å². The molecular formula is C18H20N6O. The minimum atomic E-state index is -0.290. The second kappa shape index (κ2) is 7.12. The Hall–Kier alpha value is -3.22. The zero-order valence-corrected chi connectivity index (χ0v) is 14.4. The van der Waals surface area contributed by atoms with E-state index in [-0.39, 0.29) is 17.6 Å². The van der Waals surface area contributed by atoms with E-state index in [1.807, 2.05) is 57.4 Å². The number of benzene rings is 1. The van der Waals surface area contributed by atoms with Gasteiger partial charge in [-0.1, -0.05) is 18.2 Å². The molecule has 0 saturated heterocycles. The lowest BCUT2D eigenvalue weighted by Gasteiger charge is -2.13. The lowest BCUT2D eigenvalue weighted by atomic mass is 10.1. The van der Waals surface area contributed by atoms with Gasteiger partial charge in [-0.2, -0.15) is 5.10 Å². The van der Waals surface area contributed by atoms with Gasteiger partial charge in [-0.05, 0) is 38.1 Å². The third-order valence-corrected chi connectivity index (χ3v) is 3.81. The van der Waals surface area contributed by atoms with Gasteiger partial charge < -0.3 is 10.6 Å². The van der Waals surface area contributed by atoms with Gasteiger partial charge in [0.05, 0.1) is 11.7 Å². The molecule has 0 radical (unpaired) electrons. The zero-order chi connectivity index (χ0) is 17.8. The average Bonchev–Trinajstić information content (AvgIpc) is 2.95. The molecule has 2 heterocycles. The summed E-state index contributed by atoms with van der Waals surface area (Å²) in [5, 5.41) is 18.5. The molecule has 7 heteroatoms. The van der Waals surface area contributed by atoms with Crippen LogP contribution in [0.4, 0.5) is 11.5 Å². The molecule has 0 aliphatic rings. The Bertz CT molecular complexity index is 857. The Morgan fingerprint density at radius 1 is 1.12 bits per heavy atom. The van der Waals surface area contributed by atoms with E-state index in [9.17, 15) is 4.79 Å². The van der Waals surface area contributed by atoms with Crippen molar-refractivity contribution >= 4 is 17.4 Å². The number of nitrogens with zero attached hydrogens (tertiary/aromatic N) is 4. The van der Waals surface area contributed by atoms with Gasteiger partial charge in [0.1, 0.15) is 5.82 Å². The highest BCUT2D eigenvalue weighted by molar-refractivity contribution is 6.02. The molecule has 1 amide bonds. The monoisotopic (exact) mass is 336 g/mol. The molecular weight excluding hydrogens is 316 g/mol. The van der Waals surface area contributed by atoms with Crippen molar-refractivity contribution < 1.29 is 4.79 Å². The van der Waals surface area contributed by atoms with Gasteiger partial charge in [-0.15, -0.1) is 10.2 Å². The lowest BCUT2D eigenvalue weighted by molar-refractivity contribution is 0.102. The van der Waals surface area contributed by atoms with Crippen molar-refractivity contribution in [3.63, 3.8) is 0 Å². The van der Waals surface area contributed by atoms with Crippen LogP contribution < -0.4 is 10.6 Å². The summed E-state index contributed by atoms with van der Waals surface area (Å²) in [6, 6.07) is 12.7. The van der Waals surface area contributed by atoms with Crippen LogP contribution in [0, 0.1) is 6.92 Å². The number of carbonyl (C=O) groups is 1. The average molecular weight is 336 g/mol. The second-order valence-corrected chi connectivity index (χ2v) is 5.83. The summed E-state index contributed by atoms with van der Waals surface area (Å²) < 4.78 is 1.78. The number of carbonyl (C=O) groups excluding carboxylic acids is 1. The van der Waals surface area contributed by atoms with Crippen molar-refractivity contribution in [2.75, 3.05) is 10.6 Å². The first-order valence-corrected chi connectivity index (χ1v) is 8.00. The Balaban J connectivity index is 1.65. The second-order valence-electron chi connectivity index (χ2n) is 5.83. The topological polar surface area (TPSA) is 84.7 Å². The number of hydrogen-bond acceptors (Lipinski definition) is 5. The van der Waals surface area contributed by atoms with E-state index < -0.39 is 0 Å². The zero-order valence-electron chi connectivity index (χ0n) is 14.4. The minimum Gasteiger partial charge on any atom is -0.362 e. The summed E-state index contributed by atoms with van der Waals surface area (Å²) in [6.45, 7) is 4.00. The molecule has 0 bridgehead atoms. The molecule has 2 aromatic heterocycles. The summed E-state index contributed by atoms with van der Waals surface area (Å²) in [5.74, 6) is 0.313. The molecule has 1 atom stereocenters. The molecule has 0 fully saturated rings. The number of hydrogen-bond donors (Lipinski definition) is 2. The van der Waals surface area contributed by atoms with Crippen LogP contribution in [0.3, 0.4) is 0 Å². The third kappa shape index (κ3) is 4.00. The number of aromatic nitrogens is 4. The van der Waals surface area contributed by atoms with Crippen LogP contribution >= 0.6 is 0 Å². The summed E-state index contributed by atoms with van der Waals surface area (Å²) in [5.41, 5.74) is 3.04. The van der Waals surface area contributed by atoms with Crippen LogP contribution in [0.2, 0.25) is 0 Å². The lowest BCUT2D eigenvalue weighted by Crippen LogP contribution is -2.15. The maximum Gasteiger partial charge on any atom is 0.276 e. The highest BCUT2D eigenvalue weighted by Crippen LogP contribution is 2.20. The fourth-order valence-electron chi connectivity index (χ4n) is 2.59. The minimum absolute atomic E-state index is 0.0343. The van der Waals surface area contributed by atoms with Gasteiger partial charge in [0.15, 0.2) is 5.69 Å². The van der Waals surface area contributed by atoms with Crippen molar-refractivity contribution in [1.29, 1.82) is 0 Å². The number of nitrogens with one attached hydrogen (secondary N) is 2. The first kappa shape index (κ1) is 16.6. The molecule has 0 aliphatic heterocycles. The number of anilines is 2. The number of rotatable bonds is 5. The molecule has 2 N–H and O–H groups in total. The SMILES string of the molecule is Cc1nn(C)cc1[C@@H](C)Nc1ccc(C(=O)Nc2ccccc2)nn1. The maximum atomic E-state index is 12.2. The number of amides is 1. The highest BCUT2D eigenvalue weighted by atomic mass is 16.1. The van der Waals surface area contributed by atoms with Gasteiger partial charge in [0.2, 0.25) is 0 Å². The number of aryl methyl sites for hydroxylation is 2. The molecule has 25 heavy (non-hydrogen) atoms. The van der Waals surface area contributed by atoms with Crippen LogP contribution in [0.15, 0.2) is 48.7 Å². The molecule has 3 aromatic rings. The molecule has 1 aromatic carbocycles. The Kier molecular flexibility index (Phi) is 4.74. The predicted molar refractivity (Wildman–Crippen MR) is 96.4 cm³/mol. The Morgan fingerprint density at radius 2 is 1.88 bits per heavy atom. The Morgan fingerprint density at radius 3 is 2.48 bits per heavy atom. The third-order valence-electron chi connectivity index (χ3n) is 3.81. The van der Waals surface area contributed by atoms with Gasteiger partial charge in [-0.25, -0.2) is 0 Å². The smallest absolute Gasteiger partial charge is 0.276 e. The summed E-state index contributed by atoms with van der Waals surface area (Å²) >= 11 is 0. The van der Waals surface area contributed by atoms with Crippen LogP contribution in [-0.4, -0.2) is 25.9 Å². The van der Waals surface area contributed by atoms with E-state index in [1.54, 1.807) is 16.8 Å². The van der Waals surface area contributed by atoms with Crippen LogP contribution in [0.5, 0.6) is 0 Å². The van der Waals surface area contributed by atoms with Crippen molar-refractivity contribution in [3.8, 4) is 0 Å². The first-order chi connectivity index (χ1) is 12.0. The fraction of sp³-hybridized carbons (Fsp3) is 0.222. The number of para-hydroxylation sites is 1. The molecule has 128 valence electrons. The first-order valence-electron chi connectivity index (χ1n) is 8.00. The van der Waals surface area contributed by atoms with Gasteiger partial charge in [-0.3, -0.25) is 9.48 Å². The van der Waals surface area contributed by atoms with Gasteiger partial charge in [0, 0.05) is 24.5 Å². The standard InChI is InChI=1S/C18H20N6O/c1-12(15-11-24(3)23-13(15)2)19-17-10-9-16(21-22-17)18(25)20-14-7-5-4-6-8-14/h4-12H,1-3H3,(H,19,22)(H,20,25)/t12-/m1/s1. The van der Waals surface area contributed by atoms with Crippen LogP contribution in [-0.2, 0) is 7.05 Å². The molecule has 7 nitrogen and oxygen atoms in total. The molecule has 0 spiro atoms. The van der Waals surface area contributed by atoms with E-state index in [4.69, 9.17) is 0 Å². The van der Waals surface area contributed by atoms with E-state index in [2.05, 4.69) is 25.9 Å². The summed E-state index contributed by atoms with van der Waals surface area (Å²) in [4.78, 5) is 12.2. The van der Waals surface area contributed by atoms with Gasteiger partial charge in [0.25, 0.3) is 5.91 Å². The van der Waals surface area contributed by atoms with Crippen LogP contribution in [0.25, 0.3) is 0 Å². The van der Waals surface area contributed by atoms with E-state index in [0.717, 1.165) is 16.9 Å². The van der Waals surface area contributed by atoms with E-state index >= 15 is 0 Å². The van der Waals surface area contributed by atoms with Crippen molar-refractivity contribution in [3.05, 3.63) is 65.6 Å². The quantitative estimate of drug-likeness (QED) is 0.748. The Labute approximate surface area is 146 Å². The van der Waals surface area contributed by atoms with Gasteiger partial charge >= 0.3 is 0 Å². The van der Waals surface area contributed by atoms with Crippen molar-refractivity contribution in [2.24, 2.45) is 7.05 Å².